The fraction of sp³-hybridized carbons (Fsp3) is 0.370. The number of hydrogen-bond donors (Lipinski definition) is 0. The Balaban J connectivity index is 1.19. The van der Waals surface area contributed by atoms with Crippen molar-refractivity contribution in [2.75, 3.05) is 11.5 Å². The molecule has 0 radical (unpaired) electrons. The smallest absolute Gasteiger partial charge is 0.238 e. The van der Waals surface area contributed by atoms with Crippen molar-refractivity contribution in [3.05, 3.63) is 71.1 Å². The van der Waals surface area contributed by atoms with Gasteiger partial charge in [-0.05, 0) is 73.3 Å². The van der Waals surface area contributed by atoms with E-state index in [0.717, 1.165) is 28.5 Å². The minimum atomic E-state index is -0.711. The first-order valence-corrected chi connectivity index (χ1v) is 11.4. The Morgan fingerprint density at radius 2 is 1.64 bits per heavy atom. The van der Waals surface area contributed by atoms with E-state index in [1.807, 2.05) is 19.9 Å². The first-order valence-electron chi connectivity index (χ1n) is 11.4. The van der Waals surface area contributed by atoms with Gasteiger partial charge in [0.2, 0.25) is 11.8 Å². The second-order valence-corrected chi connectivity index (χ2v) is 9.79. The largest absolute Gasteiger partial charge is 0.485 e. The van der Waals surface area contributed by atoms with E-state index in [1.165, 1.54) is 12.1 Å². The number of ketones is 1. The summed E-state index contributed by atoms with van der Waals surface area (Å²) in [5, 5.41) is 0. The summed E-state index contributed by atoms with van der Waals surface area (Å²) in [6, 6.07) is 9.46. The number of benzene rings is 2. The fourth-order valence-corrected chi connectivity index (χ4v) is 6.10. The van der Waals surface area contributed by atoms with Gasteiger partial charge < -0.3 is 4.74 Å². The van der Waals surface area contributed by atoms with E-state index in [-0.39, 0.29) is 59.3 Å². The van der Waals surface area contributed by atoms with Crippen molar-refractivity contribution in [2.24, 2.45) is 35.5 Å². The highest BCUT2D eigenvalue weighted by Gasteiger charge is 2.67. The zero-order valence-corrected chi connectivity index (χ0v) is 18.5. The molecule has 6 atom stereocenters. The maximum atomic E-state index is 15.0. The SMILES string of the molecule is Cc1ccc(C(=O)COc2ccc(N3C(=O)C4C5C=CC(C6CC56)C4C3=O)c(F)c2)cc1C. The number of imide groups is 1. The van der Waals surface area contributed by atoms with Gasteiger partial charge in [-0.2, -0.15) is 0 Å². The van der Waals surface area contributed by atoms with E-state index in [2.05, 4.69) is 12.2 Å². The summed E-state index contributed by atoms with van der Waals surface area (Å²) in [6.07, 6.45) is 5.26. The van der Waals surface area contributed by atoms with Crippen molar-refractivity contribution < 1.29 is 23.5 Å². The Hall–Kier alpha value is -3.28. The molecule has 168 valence electrons. The summed E-state index contributed by atoms with van der Waals surface area (Å²) >= 11 is 0. The normalized spacial score (nSPS) is 30.9. The van der Waals surface area contributed by atoms with Crippen LogP contribution in [0.4, 0.5) is 10.1 Å². The van der Waals surface area contributed by atoms with Crippen molar-refractivity contribution in [3.63, 3.8) is 0 Å². The first-order chi connectivity index (χ1) is 15.8. The molecule has 2 amide bonds. The summed E-state index contributed by atoms with van der Waals surface area (Å²) in [6.45, 7) is 3.67. The van der Waals surface area contributed by atoms with Gasteiger partial charge in [-0.3, -0.25) is 14.4 Å². The van der Waals surface area contributed by atoms with Crippen molar-refractivity contribution >= 4 is 23.3 Å². The van der Waals surface area contributed by atoms with E-state index in [1.54, 1.807) is 12.1 Å². The first kappa shape index (κ1) is 20.3. The van der Waals surface area contributed by atoms with Crippen LogP contribution in [0.5, 0.6) is 5.75 Å². The van der Waals surface area contributed by atoms with Gasteiger partial charge in [0, 0.05) is 11.6 Å². The van der Waals surface area contributed by atoms with Gasteiger partial charge in [-0.25, -0.2) is 9.29 Å². The number of allylic oxidation sites excluding steroid dienone is 2. The van der Waals surface area contributed by atoms with E-state index in [0.29, 0.717) is 17.4 Å². The van der Waals surface area contributed by atoms with Crippen LogP contribution in [-0.2, 0) is 9.59 Å². The minimum Gasteiger partial charge on any atom is -0.485 e. The number of Topliss-reactive ketones (excluding diaryl/α,β-unsaturated/α-hetero) is 1. The van der Waals surface area contributed by atoms with Crippen LogP contribution in [-0.4, -0.2) is 24.2 Å². The van der Waals surface area contributed by atoms with Crippen molar-refractivity contribution in [1.29, 1.82) is 0 Å². The Kier molecular flexibility index (Phi) is 4.38. The number of carbonyl (C=O) groups excluding carboxylic acids is 3. The zero-order valence-electron chi connectivity index (χ0n) is 18.5. The molecule has 0 N–H and O–H groups in total. The van der Waals surface area contributed by atoms with Gasteiger partial charge in [0.15, 0.2) is 18.2 Å². The molecule has 1 saturated heterocycles. The quantitative estimate of drug-likeness (QED) is 0.392. The molecule has 5 aliphatic rings. The Morgan fingerprint density at radius 3 is 2.24 bits per heavy atom. The van der Waals surface area contributed by atoms with Gasteiger partial charge in [-0.1, -0.05) is 24.3 Å². The molecule has 33 heavy (non-hydrogen) atoms. The predicted octanol–water partition coefficient (Wildman–Crippen LogP) is 4.26. The lowest BCUT2D eigenvalue weighted by Crippen LogP contribution is -2.40. The number of anilines is 1. The molecule has 0 aromatic heterocycles. The Labute approximate surface area is 191 Å². The second kappa shape index (κ2) is 7.11. The van der Waals surface area contributed by atoms with Crippen molar-refractivity contribution in [3.8, 4) is 5.75 Å². The summed E-state index contributed by atoms with van der Waals surface area (Å²) in [5.74, 6) is -0.921. The number of hydrogen-bond acceptors (Lipinski definition) is 4. The van der Waals surface area contributed by atoms with Crippen LogP contribution in [0, 0.1) is 55.2 Å². The maximum absolute atomic E-state index is 15.0. The molecule has 3 fully saturated rings. The van der Waals surface area contributed by atoms with Crippen LogP contribution in [0.1, 0.15) is 27.9 Å². The molecule has 7 rings (SSSR count). The molecular weight excluding hydrogens is 421 g/mol. The average molecular weight is 445 g/mol. The van der Waals surface area contributed by atoms with E-state index < -0.39 is 5.82 Å². The van der Waals surface area contributed by atoms with Crippen LogP contribution in [0.25, 0.3) is 0 Å². The topological polar surface area (TPSA) is 63.7 Å². The third-order valence-electron chi connectivity index (χ3n) is 8.02. The monoisotopic (exact) mass is 445 g/mol. The average Bonchev–Trinajstić information content (AvgIpc) is 3.58. The third-order valence-corrected chi connectivity index (χ3v) is 8.02. The summed E-state index contributed by atoms with van der Waals surface area (Å²) in [5.41, 5.74) is 2.60. The number of carbonyl (C=O) groups is 3. The molecule has 5 nitrogen and oxygen atoms in total. The Morgan fingerprint density at radius 1 is 0.970 bits per heavy atom. The number of amides is 2. The number of aryl methyl sites for hydroxylation is 2. The van der Waals surface area contributed by atoms with E-state index in [9.17, 15) is 14.4 Å². The van der Waals surface area contributed by atoms with Crippen LogP contribution >= 0.6 is 0 Å². The lowest BCUT2D eigenvalue weighted by Gasteiger charge is -2.37. The molecule has 2 saturated carbocycles. The highest BCUT2D eigenvalue weighted by molar-refractivity contribution is 6.22. The van der Waals surface area contributed by atoms with E-state index >= 15 is 4.39 Å². The molecule has 2 bridgehead atoms. The highest BCUT2D eigenvalue weighted by atomic mass is 19.1. The van der Waals surface area contributed by atoms with Crippen LogP contribution in [0.15, 0.2) is 48.6 Å². The van der Waals surface area contributed by atoms with Crippen molar-refractivity contribution in [2.45, 2.75) is 20.3 Å². The third kappa shape index (κ3) is 3.00. The van der Waals surface area contributed by atoms with Gasteiger partial charge in [0.1, 0.15) is 5.75 Å². The molecule has 1 heterocycles. The van der Waals surface area contributed by atoms with Crippen LogP contribution in [0.2, 0.25) is 0 Å². The van der Waals surface area contributed by atoms with Crippen LogP contribution in [0.3, 0.4) is 0 Å². The lowest BCUT2D eigenvalue weighted by molar-refractivity contribution is -0.124. The summed E-state index contributed by atoms with van der Waals surface area (Å²) in [7, 11) is 0. The molecule has 0 spiro atoms. The molecule has 2 aromatic carbocycles. The minimum absolute atomic E-state index is 0.0414. The molecule has 2 aromatic rings. The molecule has 1 aliphatic heterocycles. The zero-order chi connectivity index (χ0) is 23.0. The second-order valence-electron chi connectivity index (χ2n) is 9.79. The van der Waals surface area contributed by atoms with Crippen LogP contribution < -0.4 is 9.64 Å². The number of rotatable bonds is 5. The number of halogens is 1. The standard InChI is InChI=1S/C27H24FNO4/c1-13-3-4-15(9-14(13)2)23(30)12-33-16-5-8-22(21(28)10-16)29-26(31)24-17-6-7-18(20-11-19(17)20)25(24)27(29)32/h3-10,17-20,24-25H,11-12H2,1-2H3. The van der Waals surface area contributed by atoms with Gasteiger partial charge in [0.05, 0.1) is 17.5 Å². The lowest BCUT2D eigenvalue weighted by atomic mass is 9.63. The summed E-state index contributed by atoms with van der Waals surface area (Å²) < 4.78 is 20.6. The Bertz CT molecular complexity index is 1210. The molecule has 4 aliphatic carbocycles. The molecule has 6 unspecified atom stereocenters. The number of nitrogens with zero attached hydrogens (tertiary/aromatic N) is 1. The fourth-order valence-electron chi connectivity index (χ4n) is 6.10. The highest BCUT2D eigenvalue weighted by Crippen LogP contribution is 2.65. The van der Waals surface area contributed by atoms with Gasteiger partial charge in [0.25, 0.3) is 0 Å². The molecule has 6 heteroatoms. The van der Waals surface area contributed by atoms with E-state index in [4.69, 9.17) is 4.74 Å². The predicted molar refractivity (Wildman–Crippen MR) is 119 cm³/mol. The number of ether oxygens (including phenoxy) is 1. The molecular formula is C27H24FNO4. The maximum Gasteiger partial charge on any atom is 0.238 e. The van der Waals surface area contributed by atoms with Gasteiger partial charge >= 0.3 is 0 Å². The summed E-state index contributed by atoms with van der Waals surface area (Å²) in [4.78, 5) is 39.9. The van der Waals surface area contributed by atoms with Crippen molar-refractivity contribution in [1.82, 2.24) is 0 Å². The van der Waals surface area contributed by atoms with Gasteiger partial charge in [-0.15, -0.1) is 0 Å².